The van der Waals surface area contributed by atoms with E-state index in [4.69, 9.17) is 4.74 Å². The molecular formula is C17H14FNO5S. The monoisotopic (exact) mass is 363 g/mol. The van der Waals surface area contributed by atoms with E-state index in [2.05, 4.69) is 4.72 Å². The van der Waals surface area contributed by atoms with Gasteiger partial charge in [-0.25, -0.2) is 17.5 Å². The first-order valence-electron chi connectivity index (χ1n) is 7.25. The van der Waals surface area contributed by atoms with Crippen LogP contribution in [0.1, 0.15) is 12.5 Å². The molecule has 25 heavy (non-hydrogen) atoms. The Kier molecular flexibility index (Phi) is 4.00. The summed E-state index contributed by atoms with van der Waals surface area (Å²) in [5, 5.41) is 10.0. The van der Waals surface area contributed by atoms with Crippen molar-refractivity contribution in [3.05, 3.63) is 77.6 Å². The lowest BCUT2D eigenvalue weighted by molar-refractivity contribution is -0.131. The average Bonchev–Trinajstić information content (AvgIpc) is 2.81. The van der Waals surface area contributed by atoms with Crippen LogP contribution in [0.15, 0.2) is 71.1 Å². The van der Waals surface area contributed by atoms with Gasteiger partial charge < -0.3 is 9.84 Å². The van der Waals surface area contributed by atoms with E-state index >= 15 is 0 Å². The predicted molar refractivity (Wildman–Crippen MR) is 86.3 cm³/mol. The molecule has 2 aromatic rings. The number of Topliss-reactive ketones (excluding diaryl/α,β-unsaturated/α-hetero) is 1. The van der Waals surface area contributed by atoms with E-state index in [-0.39, 0.29) is 10.5 Å². The van der Waals surface area contributed by atoms with Gasteiger partial charge in [-0.3, -0.25) is 4.79 Å². The molecule has 0 fully saturated rings. The van der Waals surface area contributed by atoms with Crippen LogP contribution in [0.25, 0.3) is 0 Å². The van der Waals surface area contributed by atoms with Crippen LogP contribution in [0.5, 0.6) is 0 Å². The Morgan fingerprint density at radius 2 is 1.68 bits per heavy atom. The molecule has 1 aliphatic heterocycles. The molecule has 0 saturated heterocycles. The molecule has 1 atom stereocenters. The summed E-state index contributed by atoms with van der Waals surface area (Å²) in [5.74, 6) is -2.74. The van der Waals surface area contributed by atoms with Gasteiger partial charge in [-0.15, -0.1) is 0 Å². The lowest BCUT2D eigenvalue weighted by Gasteiger charge is -2.23. The van der Waals surface area contributed by atoms with E-state index in [0.717, 1.165) is 12.1 Å². The summed E-state index contributed by atoms with van der Waals surface area (Å²) >= 11 is 0. The molecule has 0 spiro atoms. The third-order valence-corrected chi connectivity index (χ3v) is 5.19. The van der Waals surface area contributed by atoms with Crippen LogP contribution in [-0.2, 0) is 25.2 Å². The van der Waals surface area contributed by atoms with Gasteiger partial charge in [-0.2, -0.15) is 0 Å². The molecule has 1 heterocycles. The zero-order valence-corrected chi connectivity index (χ0v) is 13.9. The molecule has 3 rings (SSSR count). The Morgan fingerprint density at radius 3 is 2.28 bits per heavy atom. The standard InChI is InChI=1S/C17H14FNO5S/c1-17(11-7-9-12(18)10-8-11)15(21)14(20)16(24-17)19-25(22,23)13-5-3-2-4-6-13/h2-10,19-20H,1H3. The number of ketones is 1. The molecule has 6 nitrogen and oxygen atoms in total. The van der Waals surface area contributed by atoms with E-state index in [1.807, 2.05) is 0 Å². The molecule has 2 N–H and O–H groups in total. The Bertz CT molecular complexity index is 954. The second-order valence-electron chi connectivity index (χ2n) is 5.57. The molecule has 0 saturated carbocycles. The van der Waals surface area contributed by atoms with Crippen molar-refractivity contribution in [3.8, 4) is 0 Å². The minimum Gasteiger partial charge on any atom is -0.501 e. The second-order valence-corrected chi connectivity index (χ2v) is 7.25. The molecule has 8 heteroatoms. The van der Waals surface area contributed by atoms with Crippen LogP contribution in [0.2, 0.25) is 0 Å². The fourth-order valence-corrected chi connectivity index (χ4v) is 3.45. The minimum absolute atomic E-state index is 0.0539. The van der Waals surface area contributed by atoms with Gasteiger partial charge in [-0.05, 0) is 31.2 Å². The lowest BCUT2D eigenvalue weighted by Crippen LogP contribution is -2.32. The van der Waals surface area contributed by atoms with Crippen molar-refractivity contribution in [3.63, 3.8) is 0 Å². The number of aliphatic hydroxyl groups excluding tert-OH is 1. The van der Waals surface area contributed by atoms with Crippen molar-refractivity contribution in [2.24, 2.45) is 0 Å². The van der Waals surface area contributed by atoms with Gasteiger partial charge in [0.25, 0.3) is 15.8 Å². The molecule has 130 valence electrons. The second kappa shape index (κ2) is 5.89. The normalized spacial score (nSPS) is 20.5. The van der Waals surface area contributed by atoms with E-state index in [1.54, 1.807) is 6.07 Å². The van der Waals surface area contributed by atoms with Gasteiger partial charge in [0, 0.05) is 5.56 Å². The van der Waals surface area contributed by atoms with Crippen molar-refractivity contribution < 1.29 is 27.4 Å². The number of rotatable bonds is 4. The SMILES string of the molecule is CC1(c2ccc(F)cc2)OC(NS(=O)(=O)c2ccccc2)=C(O)C1=O. The quantitative estimate of drug-likeness (QED) is 0.870. The summed E-state index contributed by atoms with van der Waals surface area (Å²) in [7, 11) is -4.04. The Balaban J connectivity index is 1.92. The summed E-state index contributed by atoms with van der Waals surface area (Å²) in [4.78, 5) is 12.3. The molecular weight excluding hydrogens is 349 g/mol. The molecule has 0 aliphatic carbocycles. The number of aliphatic hydroxyl groups is 1. The van der Waals surface area contributed by atoms with Crippen LogP contribution in [0.4, 0.5) is 4.39 Å². The van der Waals surface area contributed by atoms with Crippen LogP contribution in [-0.4, -0.2) is 19.3 Å². The first-order chi connectivity index (χ1) is 11.7. The molecule has 0 bridgehead atoms. The highest BCUT2D eigenvalue weighted by Crippen LogP contribution is 2.37. The van der Waals surface area contributed by atoms with Gasteiger partial charge >= 0.3 is 0 Å². The lowest BCUT2D eigenvalue weighted by atomic mass is 9.92. The van der Waals surface area contributed by atoms with Crippen LogP contribution in [0.3, 0.4) is 0 Å². The van der Waals surface area contributed by atoms with E-state index in [0.29, 0.717) is 0 Å². The van der Waals surface area contributed by atoms with E-state index < -0.39 is 38.9 Å². The zero-order valence-electron chi connectivity index (χ0n) is 13.1. The van der Waals surface area contributed by atoms with Crippen molar-refractivity contribution >= 4 is 15.8 Å². The van der Waals surface area contributed by atoms with E-state index in [9.17, 15) is 22.7 Å². The first kappa shape index (κ1) is 17.0. The maximum atomic E-state index is 13.1. The molecule has 2 aromatic carbocycles. The number of ether oxygens (including phenoxy) is 1. The van der Waals surface area contributed by atoms with Crippen molar-refractivity contribution in [2.75, 3.05) is 0 Å². The number of nitrogens with one attached hydrogen (secondary N) is 1. The van der Waals surface area contributed by atoms with Crippen LogP contribution in [0, 0.1) is 5.82 Å². The third kappa shape index (κ3) is 2.96. The Labute approximate surface area is 143 Å². The fourth-order valence-electron chi connectivity index (χ4n) is 2.44. The van der Waals surface area contributed by atoms with Crippen molar-refractivity contribution in [1.29, 1.82) is 0 Å². The summed E-state index contributed by atoms with van der Waals surface area (Å²) in [5.41, 5.74) is -1.38. The summed E-state index contributed by atoms with van der Waals surface area (Å²) in [6.07, 6.45) is 0. The summed E-state index contributed by atoms with van der Waals surface area (Å²) in [6, 6.07) is 12.4. The molecule has 0 aromatic heterocycles. The number of carbonyl (C=O) groups is 1. The van der Waals surface area contributed by atoms with Gasteiger partial charge in [0.05, 0.1) is 4.90 Å². The van der Waals surface area contributed by atoms with Crippen LogP contribution < -0.4 is 4.72 Å². The van der Waals surface area contributed by atoms with Gasteiger partial charge in [0.1, 0.15) is 5.82 Å². The topological polar surface area (TPSA) is 92.7 Å². The van der Waals surface area contributed by atoms with Crippen LogP contribution >= 0.6 is 0 Å². The number of benzene rings is 2. The minimum atomic E-state index is -4.04. The Morgan fingerprint density at radius 1 is 1.08 bits per heavy atom. The number of carbonyl (C=O) groups excluding carboxylic acids is 1. The largest absolute Gasteiger partial charge is 0.501 e. The van der Waals surface area contributed by atoms with Gasteiger partial charge in [0.15, 0.2) is 5.60 Å². The van der Waals surface area contributed by atoms with Gasteiger partial charge in [-0.1, -0.05) is 30.3 Å². The smallest absolute Gasteiger partial charge is 0.264 e. The maximum absolute atomic E-state index is 13.1. The fraction of sp³-hybridized carbons (Fsp3) is 0.118. The number of hydrogen-bond donors (Lipinski definition) is 2. The van der Waals surface area contributed by atoms with Crippen molar-refractivity contribution in [1.82, 2.24) is 4.72 Å². The highest BCUT2D eigenvalue weighted by molar-refractivity contribution is 7.89. The number of sulfonamides is 1. The first-order valence-corrected chi connectivity index (χ1v) is 8.73. The zero-order chi connectivity index (χ0) is 18.2. The highest BCUT2D eigenvalue weighted by Gasteiger charge is 2.48. The summed E-state index contributed by atoms with van der Waals surface area (Å²) in [6.45, 7) is 1.36. The molecule has 1 aliphatic rings. The average molecular weight is 363 g/mol. The Hall–Kier alpha value is -2.87. The molecule has 0 amide bonds. The number of hydrogen-bond acceptors (Lipinski definition) is 5. The molecule has 1 unspecified atom stereocenters. The number of halogens is 1. The third-order valence-electron chi connectivity index (χ3n) is 3.85. The molecule has 0 radical (unpaired) electrons. The maximum Gasteiger partial charge on any atom is 0.264 e. The predicted octanol–water partition coefficient (Wildman–Crippen LogP) is 2.35. The van der Waals surface area contributed by atoms with Gasteiger partial charge in [0.2, 0.25) is 11.6 Å². The van der Waals surface area contributed by atoms with E-state index in [1.165, 1.54) is 43.3 Å². The highest BCUT2D eigenvalue weighted by atomic mass is 32.2. The summed E-state index contributed by atoms with van der Waals surface area (Å²) < 4.78 is 45.2. The van der Waals surface area contributed by atoms with Crippen molar-refractivity contribution in [2.45, 2.75) is 17.4 Å².